The molecule has 2 atom stereocenters. The van der Waals surface area contributed by atoms with E-state index in [-0.39, 0.29) is 12.0 Å². The number of nitrogens with zero attached hydrogens (tertiary/aromatic N) is 2. The number of thioether (sulfide) groups is 1. The molecule has 124 valence electrons. The summed E-state index contributed by atoms with van der Waals surface area (Å²) in [5.74, 6) is 0.216. The number of H-pyrrole nitrogens is 1. The lowest BCUT2D eigenvalue weighted by Crippen LogP contribution is -2.33. The number of carbonyl (C=O) groups is 1. The molecule has 8 heteroatoms. The Kier molecular flexibility index (Phi) is 4.94. The van der Waals surface area contributed by atoms with Crippen LogP contribution in [0.5, 0.6) is 0 Å². The fourth-order valence-corrected chi connectivity index (χ4v) is 3.83. The zero-order valence-corrected chi connectivity index (χ0v) is 15.3. The van der Waals surface area contributed by atoms with Gasteiger partial charge in [-0.15, -0.1) is 0 Å². The fourth-order valence-electron chi connectivity index (χ4n) is 2.64. The summed E-state index contributed by atoms with van der Waals surface area (Å²) in [6, 6.07) is 9.47. The number of benzene rings is 1. The number of aromatic nitrogens is 2. The molecule has 0 aliphatic carbocycles. The maximum absolute atomic E-state index is 12.2. The van der Waals surface area contributed by atoms with Crippen LogP contribution in [-0.2, 0) is 15.1 Å². The number of carbonyl (C=O) groups excluding carboxylic acids is 1. The molecule has 1 aromatic carbocycles. The molecular weight excluding hydrogens is 392 g/mol. The summed E-state index contributed by atoms with van der Waals surface area (Å²) in [6.07, 6.45) is 2.04. The highest BCUT2D eigenvalue weighted by molar-refractivity contribution is 9.10. The number of nitrogens with one attached hydrogen (secondary N) is 2. The van der Waals surface area contributed by atoms with Crippen molar-refractivity contribution >= 4 is 33.7 Å². The number of ether oxygens (including phenoxy) is 1. The molecule has 0 spiro atoms. The zero-order valence-electron chi connectivity index (χ0n) is 12.9. The molecule has 2 aromatic rings. The number of nitriles is 1. The minimum Gasteiger partial charge on any atom is -0.453 e. The van der Waals surface area contributed by atoms with Gasteiger partial charge in [0.1, 0.15) is 28.3 Å². The normalized spacial score (nSPS) is 23.0. The van der Waals surface area contributed by atoms with Crippen molar-refractivity contribution in [1.29, 1.82) is 5.26 Å². The number of cyclic esters (lactones) is 1. The number of hydrogen-bond acceptors (Lipinski definition) is 6. The second-order valence-electron chi connectivity index (χ2n) is 5.64. The van der Waals surface area contributed by atoms with Gasteiger partial charge in [0.05, 0.1) is 6.20 Å². The van der Waals surface area contributed by atoms with Gasteiger partial charge in [-0.2, -0.15) is 10.4 Å². The van der Waals surface area contributed by atoms with Crippen molar-refractivity contribution in [2.24, 2.45) is 0 Å². The first-order valence-corrected chi connectivity index (χ1v) is 9.08. The van der Waals surface area contributed by atoms with Crippen molar-refractivity contribution in [3.05, 3.63) is 46.1 Å². The third kappa shape index (κ3) is 3.48. The number of hydrogen-bond donors (Lipinski definition) is 2. The van der Waals surface area contributed by atoms with Crippen LogP contribution in [0, 0.1) is 11.3 Å². The Balaban J connectivity index is 1.62. The van der Waals surface area contributed by atoms with Gasteiger partial charge in [0.15, 0.2) is 0 Å². The summed E-state index contributed by atoms with van der Waals surface area (Å²) in [5, 5.41) is 19.4. The van der Waals surface area contributed by atoms with Gasteiger partial charge in [-0.3, -0.25) is 15.2 Å². The van der Waals surface area contributed by atoms with Gasteiger partial charge in [-0.05, 0) is 24.6 Å². The van der Waals surface area contributed by atoms with Gasteiger partial charge >= 0.3 is 5.97 Å². The molecule has 1 saturated heterocycles. The molecule has 1 aliphatic heterocycles. The first kappa shape index (κ1) is 17.0. The van der Waals surface area contributed by atoms with Crippen molar-refractivity contribution < 1.29 is 9.53 Å². The predicted molar refractivity (Wildman–Crippen MR) is 93.2 cm³/mol. The third-order valence-electron chi connectivity index (χ3n) is 3.91. The Bertz CT molecular complexity index is 803. The van der Waals surface area contributed by atoms with E-state index in [1.54, 1.807) is 0 Å². The van der Waals surface area contributed by atoms with E-state index in [9.17, 15) is 4.79 Å². The lowest BCUT2D eigenvalue weighted by molar-refractivity contribution is -0.149. The van der Waals surface area contributed by atoms with Crippen molar-refractivity contribution in [2.75, 3.05) is 5.88 Å². The van der Waals surface area contributed by atoms with E-state index in [2.05, 4.69) is 37.5 Å². The van der Waals surface area contributed by atoms with Crippen LogP contribution in [0.15, 0.2) is 40.0 Å². The summed E-state index contributed by atoms with van der Waals surface area (Å²) in [4.78, 5) is 12.2. The topological polar surface area (TPSA) is 90.8 Å². The second-order valence-corrected chi connectivity index (χ2v) is 7.54. The number of aromatic amines is 1. The first-order valence-electron chi connectivity index (χ1n) is 7.30. The average Bonchev–Trinajstić information content (AvgIpc) is 3.12. The van der Waals surface area contributed by atoms with E-state index in [1.807, 2.05) is 31.2 Å². The van der Waals surface area contributed by atoms with E-state index in [4.69, 9.17) is 10.00 Å². The minimum atomic E-state index is -0.644. The first-order chi connectivity index (χ1) is 11.5. The van der Waals surface area contributed by atoms with Crippen molar-refractivity contribution in [1.82, 2.24) is 15.5 Å². The van der Waals surface area contributed by atoms with Crippen molar-refractivity contribution in [3.8, 4) is 6.07 Å². The molecule has 0 radical (unpaired) electrons. The van der Waals surface area contributed by atoms with E-state index >= 15 is 0 Å². The molecule has 2 heterocycles. The molecule has 6 nitrogen and oxygen atoms in total. The van der Waals surface area contributed by atoms with Gasteiger partial charge in [-0.1, -0.05) is 39.8 Å². The largest absolute Gasteiger partial charge is 0.453 e. The summed E-state index contributed by atoms with van der Waals surface area (Å²) >= 11 is 4.84. The summed E-state index contributed by atoms with van der Waals surface area (Å²) < 4.78 is 6.58. The van der Waals surface area contributed by atoms with Gasteiger partial charge in [0.2, 0.25) is 0 Å². The van der Waals surface area contributed by atoms with E-state index in [0.717, 1.165) is 10.0 Å². The Labute approximate surface area is 152 Å². The fraction of sp³-hybridized carbons (Fsp3) is 0.312. The van der Waals surface area contributed by atoms with Crippen LogP contribution in [0.2, 0.25) is 0 Å². The number of rotatable bonds is 5. The molecule has 1 fully saturated rings. The van der Waals surface area contributed by atoms with Gasteiger partial charge in [0, 0.05) is 16.8 Å². The predicted octanol–water partition coefficient (Wildman–Crippen LogP) is 2.91. The summed E-state index contributed by atoms with van der Waals surface area (Å²) in [6.45, 7) is 1.92. The molecular formula is C16H15BrN4O2S. The summed E-state index contributed by atoms with van der Waals surface area (Å²) in [7, 11) is 0. The van der Waals surface area contributed by atoms with Crippen LogP contribution in [0.25, 0.3) is 0 Å². The van der Waals surface area contributed by atoms with Crippen molar-refractivity contribution in [3.63, 3.8) is 0 Å². The smallest absolute Gasteiger partial charge is 0.324 e. The highest BCUT2D eigenvalue weighted by Crippen LogP contribution is 2.37. The maximum atomic E-state index is 12.2. The molecule has 2 unspecified atom stereocenters. The van der Waals surface area contributed by atoms with Crippen LogP contribution in [0.3, 0.4) is 0 Å². The highest BCUT2D eigenvalue weighted by Gasteiger charge is 2.44. The van der Waals surface area contributed by atoms with Gasteiger partial charge in [-0.25, -0.2) is 0 Å². The SMILES string of the molecule is CC1(c2cccc(Br)c2)CC(NCSc2[nH]ncc2C#N)C(=O)O1. The van der Waals surface area contributed by atoms with Crippen LogP contribution < -0.4 is 5.32 Å². The van der Waals surface area contributed by atoms with Gasteiger partial charge in [0.25, 0.3) is 0 Å². The Morgan fingerprint density at radius 2 is 2.46 bits per heavy atom. The lowest BCUT2D eigenvalue weighted by atomic mass is 9.91. The lowest BCUT2D eigenvalue weighted by Gasteiger charge is -2.23. The number of esters is 1. The van der Waals surface area contributed by atoms with E-state index in [0.29, 0.717) is 22.9 Å². The molecule has 2 N–H and O–H groups in total. The molecule has 1 aromatic heterocycles. The molecule has 0 bridgehead atoms. The maximum Gasteiger partial charge on any atom is 0.324 e. The molecule has 24 heavy (non-hydrogen) atoms. The third-order valence-corrected chi connectivity index (χ3v) is 5.31. The Hall–Kier alpha value is -1.82. The second kappa shape index (κ2) is 6.97. The van der Waals surface area contributed by atoms with Crippen LogP contribution in [0.4, 0.5) is 0 Å². The highest BCUT2D eigenvalue weighted by atomic mass is 79.9. The van der Waals surface area contributed by atoms with E-state index in [1.165, 1.54) is 18.0 Å². The van der Waals surface area contributed by atoms with Crippen molar-refractivity contribution in [2.45, 2.75) is 30.0 Å². The van der Waals surface area contributed by atoms with Gasteiger partial charge < -0.3 is 4.74 Å². The average molecular weight is 407 g/mol. The number of halogens is 1. The van der Waals surface area contributed by atoms with Crippen LogP contribution in [-0.4, -0.2) is 28.1 Å². The quantitative estimate of drug-likeness (QED) is 0.450. The minimum absolute atomic E-state index is 0.261. The molecule has 1 aliphatic rings. The molecule has 0 saturated carbocycles. The summed E-state index contributed by atoms with van der Waals surface area (Å²) in [5.41, 5.74) is 0.812. The van der Waals surface area contributed by atoms with E-state index < -0.39 is 5.60 Å². The standard InChI is InChI=1S/C16H15BrN4O2S/c1-16(11-3-2-4-12(17)5-11)6-13(15(22)23-16)19-9-24-14-10(7-18)8-20-21-14/h2-5,8,13,19H,6,9H2,1H3,(H,20,21). The molecule has 3 rings (SSSR count). The van der Waals surface area contributed by atoms with Crippen LogP contribution in [0.1, 0.15) is 24.5 Å². The Morgan fingerprint density at radius 3 is 3.21 bits per heavy atom. The monoisotopic (exact) mass is 406 g/mol. The Morgan fingerprint density at radius 1 is 1.62 bits per heavy atom. The zero-order chi connectivity index (χ0) is 17.2. The molecule has 0 amide bonds. The van der Waals surface area contributed by atoms with Crippen LogP contribution >= 0.6 is 27.7 Å².